The van der Waals surface area contributed by atoms with Gasteiger partial charge in [0.15, 0.2) is 6.35 Å². The van der Waals surface area contributed by atoms with Crippen LogP contribution >= 0.6 is 7.60 Å². The molecule has 12 nitrogen and oxygen atoms in total. The SMILES string of the molecule is C#C.C#C.C1CCOC1.Cc1ccc(OCP(=O)(OCc2ccccc2)OCc2ccccc2)cc1.Cc1ccc(S(=O)(=O)N(CCCNC(=O)N=O)CC(C)C)cc1. The Morgan fingerprint density at radius 2 is 1.27 bits per heavy atom. The van der Waals surface area contributed by atoms with Gasteiger partial charge in [-0.05, 0) is 74.4 Å². The number of nitroso groups, excluding NO2 is 1. The lowest BCUT2D eigenvalue weighted by Gasteiger charge is -2.24. The Hall–Kier alpha value is -5.11. The first-order valence-electron chi connectivity index (χ1n) is 19.0. The van der Waals surface area contributed by atoms with Crippen molar-refractivity contribution in [1.82, 2.24) is 9.62 Å². The number of nitrogens with zero attached hydrogens (tertiary/aromatic N) is 2. The molecule has 0 atom stereocenters. The summed E-state index contributed by atoms with van der Waals surface area (Å²) in [4.78, 5) is 21.0. The molecule has 318 valence electrons. The molecule has 5 rings (SSSR count). The number of terminal acetylenes is 2. The van der Waals surface area contributed by atoms with E-state index < -0.39 is 23.7 Å². The highest BCUT2D eigenvalue weighted by Crippen LogP contribution is 2.49. The van der Waals surface area contributed by atoms with Gasteiger partial charge < -0.3 is 23.8 Å². The predicted octanol–water partition coefficient (Wildman–Crippen LogP) is 9.76. The minimum atomic E-state index is -3.58. The van der Waals surface area contributed by atoms with Crippen molar-refractivity contribution in [3.05, 3.63) is 136 Å². The third-order valence-corrected chi connectivity index (χ3v) is 11.3. The van der Waals surface area contributed by atoms with E-state index in [2.05, 4.69) is 36.2 Å². The van der Waals surface area contributed by atoms with Crippen LogP contribution in [0, 0.1) is 50.4 Å². The van der Waals surface area contributed by atoms with Gasteiger partial charge in [-0.25, -0.2) is 13.2 Å². The molecule has 0 aromatic heterocycles. The van der Waals surface area contributed by atoms with Gasteiger partial charge in [-0.3, -0.25) is 4.57 Å². The van der Waals surface area contributed by atoms with E-state index in [-0.39, 0.29) is 43.5 Å². The second-order valence-electron chi connectivity index (χ2n) is 13.3. The van der Waals surface area contributed by atoms with Gasteiger partial charge in [0.1, 0.15) is 5.75 Å². The molecule has 0 aliphatic carbocycles. The van der Waals surface area contributed by atoms with Crippen LogP contribution in [0.1, 0.15) is 55.4 Å². The summed E-state index contributed by atoms with van der Waals surface area (Å²) in [5, 5.41) is 4.53. The van der Waals surface area contributed by atoms with Gasteiger partial charge >= 0.3 is 13.6 Å². The summed E-state index contributed by atoms with van der Waals surface area (Å²) in [6.07, 6.45) is 18.8. The number of ether oxygens (including phenoxy) is 2. The number of nitrogens with one attached hydrogen (secondary N) is 1. The molecule has 0 radical (unpaired) electrons. The van der Waals surface area contributed by atoms with Crippen LogP contribution < -0.4 is 10.1 Å². The monoisotopic (exact) mass is 847 g/mol. The molecule has 1 heterocycles. The lowest BCUT2D eigenvalue weighted by molar-refractivity contribution is 0.172. The molecule has 14 heteroatoms. The number of hydrogen-bond donors (Lipinski definition) is 1. The number of carbonyl (C=O) groups is 1. The fraction of sp³-hybridized carbons (Fsp3) is 0.356. The Balaban J connectivity index is 0.000000493. The lowest BCUT2D eigenvalue weighted by atomic mass is 10.2. The van der Waals surface area contributed by atoms with E-state index in [1.807, 2.05) is 113 Å². The Kier molecular flexibility index (Phi) is 26.4. The van der Waals surface area contributed by atoms with Crippen LogP contribution in [0.4, 0.5) is 4.79 Å². The Morgan fingerprint density at radius 3 is 1.69 bits per heavy atom. The molecular weight excluding hydrogens is 790 g/mol. The van der Waals surface area contributed by atoms with Crippen molar-refractivity contribution in [3.8, 4) is 31.4 Å². The van der Waals surface area contributed by atoms with Crippen LogP contribution in [0.25, 0.3) is 0 Å². The number of rotatable bonds is 17. The zero-order valence-electron chi connectivity index (χ0n) is 34.5. The maximum absolute atomic E-state index is 13.2. The predicted molar refractivity (Wildman–Crippen MR) is 235 cm³/mol. The van der Waals surface area contributed by atoms with E-state index in [1.54, 1.807) is 24.3 Å². The van der Waals surface area contributed by atoms with Crippen molar-refractivity contribution in [2.45, 2.75) is 65.1 Å². The smallest absolute Gasteiger partial charge is 0.378 e. The van der Waals surface area contributed by atoms with E-state index >= 15 is 0 Å². The maximum Gasteiger partial charge on any atom is 0.378 e. The fourth-order valence-electron chi connectivity index (χ4n) is 4.96. The van der Waals surface area contributed by atoms with Gasteiger partial charge in [0.2, 0.25) is 10.0 Å². The molecule has 2 amide bonds. The maximum atomic E-state index is 13.2. The summed E-state index contributed by atoms with van der Waals surface area (Å²) < 4.78 is 62.1. The largest absolute Gasteiger partial charge is 0.481 e. The van der Waals surface area contributed by atoms with E-state index in [0.29, 0.717) is 18.7 Å². The van der Waals surface area contributed by atoms with E-state index in [0.717, 1.165) is 35.5 Å². The van der Waals surface area contributed by atoms with Gasteiger partial charge in [0.25, 0.3) is 0 Å². The summed E-state index contributed by atoms with van der Waals surface area (Å²) in [7, 11) is -7.03. The third kappa shape index (κ3) is 22.0. The van der Waals surface area contributed by atoms with Crippen molar-refractivity contribution in [1.29, 1.82) is 0 Å². The number of aryl methyl sites for hydroxylation is 2. The van der Waals surface area contributed by atoms with Crippen LogP contribution in [0.3, 0.4) is 0 Å². The van der Waals surface area contributed by atoms with Crippen molar-refractivity contribution >= 4 is 23.7 Å². The first kappa shape index (κ1) is 51.9. The quantitative estimate of drug-likeness (QED) is 0.0474. The molecule has 0 bridgehead atoms. The second kappa shape index (κ2) is 30.0. The van der Waals surface area contributed by atoms with E-state index in [9.17, 15) is 22.7 Å². The molecule has 4 aromatic carbocycles. The van der Waals surface area contributed by atoms with E-state index in [4.69, 9.17) is 18.5 Å². The number of amides is 2. The molecule has 4 aromatic rings. The summed E-state index contributed by atoms with van der Waals surface area (Å²) in [5.41, 5.74) is 3.97. The van der Waals surface area contributed by atoms with Crippen molar-refractivity contribution in [2.75, 3.05) is 39.2 Å². The highest BCUT2D eigenvalue weighted by Gasteiger charge is 2.27. The lowest BCUT2D eigenvalue weighted by Crippen LogP contribution is -2.36. The van der Waals surface area contributed by atoms with Gasteiger partial charge in [0.05, 0.1) is 18.1 Å². The minimum absolute atomic E-state index is 0.143. The topological polar surface area (TPSA) is 150 Å². The molecule has 1 N–H and O–H groups in total. The fourth-order valence-corrected chi connectivity index (χ4v) is 7.83. The third-order valence-electron chi connectivity index (χ3n) is 7.95. The number of sulfonamides is 1. The van der Waals surface area contributed by atoms with E-state index in [1.165, 1.54) is 17.1 Å². The van der Waals surface area contributed by atoms with Gasteiger partial charge in [-0.2, -0.15) is 4.31 Å². The van der Waals surface area contributed by atoms with Crippen LogP contribution in [0.2, 0.25) is 0 Å². The highest BCUT2D eigenvalue weighted by atomic mass is 32.2. The number of hydrogen-bond acceptors (Lipinski definition) is 9. The molecule has 1 fully saturated rings. The van der Waals surface area contributed by atoms with Crippen LogP contribution in [-0.4, -0.2) is 58.0 Å². The second-order valence-corrected chi connectivity index (χ2v) is 17.2. The van der Waals surface area contributed by atoms with Crippen LogP contribution in [0.15, 0.2) is 119 Å². The first-order valence-corrected chi connectivity index (χ1v) is 22.1. The van der Waals surface area contributed by atoms with Crippen LogP contribution in [-0.2, 0) is 41.6 Å². The molecule has 0 saturated carbocycles. The van der Waals surface area contributed by atoms with Crippen molar-refractivity contribution < 1.29 is 36.3 Å². The summed E-state index contributed by atoms with van der Waals surface area (Å²) in [6, 6.07) is 32.5. The highest BCUT2D eigenvalue weighted by molar-refractivity contribution is 7.89. The number of carbonyl (C=O) groups excluding carboxylic acids is 1. The zero-order chi connectivity index (χ0) is 43.9. The molecule has 59 heavy (non-hydrogen) atoms. The number of benzene rings is 4. The average Bonchev–Trinajstić information content (AvgIpc) is 3.86. The van der Waals surface area contributed by atoms with Crippen molar-refractivity contribution in [3.63, 3.8) is 0 Å². The minimum Gasteiger partial charge on any atom is -0.481 e. The Morgan fingerprint density at radius 1 is 0.797 bits per heavy atom. The number of urea groups is 1. The summed E-state index contributed by atoms with van der Waals surface area (Å²) in [5.74, 6) is 0.800. The first-order chi connectivity index (χ1) is 28.4. The van der Waals surface area contributed by atoms with Gasteiger partial charge in [-0.15, -0.1) is 30.6 Å². The molecule has 0 unspecified atom stereocenters. The molecular formula is C45H58N3O9PS. The Labute approximate surface area is 351 Å². The van der Waals surface area contributed by atoms with Crippen LogP contribution in [0.5, 0.6) is 5.75 Å². The molecule has 1 aliphatic heterocycles. The van der Waals surface area contributed by atoms with Gasteiger partial charge in [-0.1, -0.05) is 110 Å². The zero-order valence-corrected chi connectivity index (χ0v) is 36.2. The van der Waals surface area contributed by atoms with Gasteiger partial charge in [0, 0.05) is 38.0 Å². The molecule has 1 aliphatic rings. The average molecular weight is 848 g/mol. The Bertz CT molecular complexity index is 1880. The molecule has 0 spiro atoms. The normalized spacial score (nSPS) is 11.8. The van der Waals surface area contributed by atoms with Crippen molar-refractivity contribution in [2.24, 2.45) is 11.1 Å². The summed E-state index contributed by atoms with van der Waals surface area (Å²) >= 11 is 0. The summed E-state index contributed by atoms with van der Waals surface area (Å²) in [6.45, 7) is 11.0. The molecule has 1 saturated heterocycles. The standard InChI is InChI=1S/C22H23O4P.C15H23N3O4S.C4H8O.2C2H2/c1-19-12-14-22(15-13-19)24-18-27(23,25-16-20-8-4-2-5-9-20)26-17-21-10-6-3-7-11-21;1-12(2)11-18(10-4-9-16-15(19)17-20)23(21,22)14-7-5-13(3)6-8-14;1-2-4-5-3-1;2*1-2/h2-15H,16-18H2,1H3;5-8,12H,4,9-11H2,1-3H3,(H,16,19);1-4H2;2*1-2H.